The quantitative estimate of drug-likeness (QED) is 0.387. The van der Waals surface area contributed by atoms with Crippen LogP contribution in [0.25, 0.3) is 0 Å². The Labute approximate surface area is 158 Å². The number of carbonyl (C=O) groups excluding carboxylic acids is 2. The van der Waals surface area contributed by atoms with E-state index in [0.29, 0.717) is 16.8 Å². The number of nitrogens with one attached hydrogen (secondary N) is 2. The van der Waals surface area contributed by atoms with Crippen LogP contribution in [0.5, 0.6) is 0 Å². The minimum Gasteiger partial charge on any atom is -0.459 e. The van der Waals surface area contributed by atoms with Gasteiger partial charge in [-0.05, 0) is 36.4 Å². The van der Waals surface area contributed by atoms with E-state index in [9.17, 15) is 19.7 Å². The largest absolute Gasteiger partial charge is 0.459 e. The average molecular weight is 378 g/mol. The van der Waals surface area contributed by atoms with Crippen LogP contribution in [0.3, 0.4) is 0 Å². The zero-order valence-electron chi connectivity index (χ0n) is 14.4. The minimum atomic E-state index is -0.512. The summed E-state index contributed by atoms with van der Waals surface area (Å²) >= 11 is 0. The summed E-state index contributed by atoms with van der Waals surface area (Å²) in [4.78, 5) is 34.2. The van der Waals surface area contributed by atoms with Gasteiger partial charge < -0.3 is 9.73 Å². The number of carbonyl (C=O) groups is 2. The molecule has 28 heavy (non-hydrogen) atoms. The number of anilines is 1. The standard InChI is InChI=1S/C19H14N4O5/c24-18(22-20-12-13-3-1-4-16(11-13)23(26)27)14-6-8-15(9-7-14)21-19(25)17-5-2-10-28-17/h1-12H,(H,21,25)(H,22,24)/b20-12-. The molecule has 0 radical (unpaired) electrons. The molecule has 3 aromatic rings. The smallest absolute Gasteiger partial charge is 0.291 e. The Hall–Kier alpha value is -4.27. The van der Waals surface area contributed by atoms with Crippen molar-refractivity contribution in [2.24, 2.45) is 5.10 Å². The normalized spacial score (nSPS) is 10.6. The van der Waals surface area contributed by atoms with Crippen LogP contribution in [-0.2, 0) is 0 Å². The van der Waals surface area contributed by atoms with Gasteiger partial charge in [0.2, 0.25) is 0 Å². The number of nitro benzene ring substituents is 1. The van der Waals surface area contributed by atoms with Crippen molar-refractivity contribution in [1.82, 2.24) is 5.43 Å². The molecular formula is C19H14N4O5. The summed E-state index contributed by atoms with van der Waals surface area (Å²) in [7, 11) is 0. The van der Waals surface area contributed by atoms with Crippen LogP contribution in [0.15, 0.2) is 76.4 Å². The molecule has 1 aromatic heterocycles. The van der Waals surface area contributed by atoms with Gasteiger partial charge in [0, 0.05) is 28.9 Å². The number of hydrogen-bond donors (Lipinski definition) is 2. The molecule has 2 amide bonds. The molecule has 140 valence electrons. The molecule has 0 atom stereocenters. The third-order valence-electron chi connectivity index (χ3n) is 3.61. The van der Waals surface area contributed by atoms with Gasteiger partial charge in [0.15, 0.2) is 5.76 Å². The molecule has 0 saturated heterocycles. The number of rotatable bonds is 6. The highest BCUT2D eigenvalue weighted by molar-refractivity contribution is 6.02. The van der Waals surface area contributed by atoms with Gasteiger partial charge in [0.05, 0.1) is 17.4 Å². The van der Waals surface area contributed by atoms with Crippen LogP contribution in [0.1, 0.15) is 26.5 Å². The van der Waals surface area contributed by atoms with E-state index in [1.54, 1.807) is 24.3 Å². The lowest BCUT2D eigenvalue weighted by Gasteiger charge is -2.04. The lowest BCUT2D eigenvalue weighted by molar-refractivity contribution is -0.384. The third-order valence-corrected chi connectivity index (χ3v) is 3.61. The summed E-state index contributed by atoms with van der Waals surface area (Å²) in [5.41, 5.74) is 3.57. The van der Waals surface area contributed by atoms with E-state index in [-0.39, 0.29) is 11.4 Å². The molecule has 2 N–H and O–H groups in total. The number of non-ortho nitro benzene ring substituents is 1. The summed E-state index contributed by atoms with van der Waals surface area (Å²) in [6.07, 6.45) is 2.71. The maximum absolute atomic E-state index is 12.1. The Morgan fingerprint density at radius 3 is 2.50 bits per heavy atom. The van der Waals surface area contributed by atoms with Crippen molar-refractivity contribution in [1.29, 1.82) is 0 Å². The van der Waals surface area contributed by atoms with Crippen molar-refractivity contribution in [3.63, 3.8) is 0 Å². The Balaban J connectivity index is 1.58. The molecule has 0 fully saturated rings. The Kier molecular flexibility index (Phi) is 5.56. The van der Waals surface area contributed by atoms with Gasteiger partial charge in [0.25, 0.3) is 17.5 Å². The first-order chi connectivity index (χ1) is 13.5. The van der Waals surface area contributed by atoms with Gasteiger partial charge in [-0.3, -0.25) is 19.7 Å². The van der Waals surface area contributed by atoms with Gasteiger partial charge in [-0.1, -0.05) is 12.1 Å². The second-order valence-corrected chi connectivity index (χ2v) is 5.56. The van der Waals surface area contributed by atoms with Gasteiger partial charge >= 0.3 is 0 Å². The van der Waals surface area contributed by atoms with E-state index < -0.39 is 16.7 Å². The highest BCUT2D eigenvalue weighted by atomic mass is 16.6. The summed E-state index contributed by atoms with van der Waals surface area (Å²) in [6.45, 7) is 0. The van der Waals surface area contributed by atoms with Crippen molar-refractivity contribution >= 4 is 29.4 Å². The molecule has 0 unspecified atom stereocenters. The monoisotopic (exact) mass is 378 g/mol. The highest BCUT2D eigenvalue weighted by Crippen LogP contribution is 2.13. The van der Waals surface area contributed by atoms with Crippen molar-refractivity contribution in [2.75, 3.05) is 5.32 Å². The Morgan fingerprint density at radius 2 is 1.82 bits per heavy atom. The number of hydrogen-bond acceptors (Lipinski definition) is 6. The molecule has 3 rings (SSSR count). The number of amides is 2. The van der Waals surface area contributed by atoms with Gasteiger partial charge in [-0.25, -0.2) is 5.43 Å². The molecule has 9 nitrogen and oxygen atoms in total. The van der Waals surface area contributed by atoms with Crippen LogP contribution in [0, 0.1) is 10.1 Å². The first-order valence-electron chi connectivity index (χ1n) is 8.06. The summed E-state index contributed by atoms with van der Waals surface area (Å²) in [5.74, 6) is -0.688. The predicted octanol–water partition coefficient (Wildman–Crippen LogP) is 3.20. The molecule has 1 heterocycles. The fraction of sp³-hybridized carbons (Fsp3) is 0. The number of nitro groups is 1. The zero-order valence-corrected chi connectivity index (χ0v) is 14.4. The average Bonchev–Trinajstić information content (AvgIpc) is 3.24. The zero-order chi connectivity index (χ0) is 19.9. The lowest BCUT2D eigenvalue weighted by Crippen LogP contribution is -2.17. The molecule has 2 aromatic carbocycles. The maximum atomic E-state index is 12.1. The van der Waals surface area contributed by atoms with Crippen molar-refractivity contribution in [3.05, 3.63) is 93.9 Å². The van der Waals surface area contributed by atoms with Crippen LogP contribution < -0.4 is 10.7 Å². The highest BCUT2D eigenvalue weighted by Gasteiger charge is 2.10. The topological polar surface area (TPSA) is 127 Å². The second-order valence-electron chi connectivity index (χ2n) is 5.56. The van der Waals surface area contributed by atoms with Crippen molar-refractivity contribution in [2.45, 2.75) is 0 Å². The Bertz CT molecular complexity index is 1030. The lowest BCUT2D eigenvalue weighted by atomic mass is 10.2. The van der Waals surface area contributed by atoms with E-state index in [1.807, 2.05) is 0 Å². The van der Waals surface area contributed by atoms with Gasteiger partial charge in [-0.2, -0.15) is 5.10 Å². The van der Waals surface area contributed by atoms with Crippen LogP contribution in [-0.4, -0.2) is 23.0 Å². The van der Waals surface area contributed by atoms with E-state index >= 15 is 0 Å². The molecule has 0 bridgehead atoms. The van der Waals surface area contributed by atoms with E-state index in [2.05, 4.69) is 15.8 Å². The SMILES string of the molecule is O=C(N/N=C\c1cccc([N+](=O)[O-])c1)c1ccc(NC(=O)c2ccco2)cc1. The minimum absolute atomic E-state index is 0.0672. The first-order valence-corrected chi connectivity index (χ1v) is 8.06. The molecule has 0 aliphatic heterocycles. The van der Waals surface area contributed by atoms with E-state index in [0.717, 1.165) is 0 Å². The van der Waals surface area contributed by atoms with Crippen LogP contribution >= 0.6 is 0 Å². The second kappa shape index (κ2) is 8.41. The summed E-state index contributed by atoms with van der Waals surface area (Å²) in [6, 6.07) is 15.2. The molecule has 0 spiro atoms. The maximum Gasteiger partial charge on any atom is 0.291 e. The fourth-order valence-electron chi connectivity index (χ4n) is 2.25. The van der Waals surface area contributed by atoms with Crippen LogP contribution in [0.2, 0.25) is 0 Å². The van der Waals surface area contributed by atoms with Crippen molar-refractivity contribution < 1.29 is 18.9 Å². The van der Waals surface area contributed by atoms with E-state index in [4.69, 9.17) is 4.42 Å². The third kappa shape index (κ3) is 4.67. The van der Waals surface area contributed by atoms with E-state index in [1.165, 1.54) is 48.9 Å². The number of hydrazone groups is 1. The van der Waals surface area contributed by atoms with Crippen molar-refractivity contribution in [3.8, 4) is 0 Å². The summed E-state index contributed by atoms with van der Waals surface area (Å²) in [5, 5.41) is 17.2. The van der Waals surface area contributed by atoms with Crippen LogP contribution in [0.4, 0.5) is 11.4 Å². The van der Waals surface area contributed by atoms with Gasteiger partial charge in [-0.15, -0.1) is 0 Å². The molecular weight excluding hydrogens is 364 g/mol. The first kappa shape index (κ1) is 18.5. The summed E-state index contributed by atoms with van der Waals surface area (Å²) < 4.78 is 5.00. The molecule has 9 heteroatoms. The number of benzene rings is 2. The molecule has 0 aliphatic rings. The fourth-order valence-corrected chi connectivity index (χ4v) is 2.25. The molecule has 0 aliphatic carbocycles. The number of furan rings is 1. The molecule has 0 saturated carbocycles. The Morgan fingerprint density at radius 1 is 1.04 bits per heavy atom. The predicted molar refractivity (Wildman–Crippen MR) is 101 cm³/mol. The number of nitrogens with zero attached hydrogens (tertiary/aromatic N) is 2. The van der Waals surface area contributed by atoms with Gasteiger partial charge in [0.1, 0.15) is 0 Å².